The van der Waals surface area contributed by atoms with E-state index in [9.17, 15) is 4.79 Å². The van der Waals surface area contributed by atoms with Crippen molar-refractivity contribution in [1.29, 1.82) is 0 Å². The smallest absolute Gasteiger partial charge is 0.227 e. The Morgan fingerprint density at radius 2 is 2.18 bits per heavy atom. The third-order valence-corrected chi connectivity index (χ3v) is 4.43. The molecular formula is C17H23ClN2O2. The van der Waals surface area contributed by atoms with E-state index in [1.54, 1.807) is 0 Å². The van der Waals surface area contributed by atoms with Crippen LogP contribution in [0.1, 0.15) is 31.6 Å². The topological polar surface area (TPSA) is 45.5 Å². The molecule has 0 spiro atoms. The first-order chi connectivity index (χ1) is 10.2. The summed E-state index contributed by atoms with van der Waals surface area (Å²) in [5.74, 6) is 1.14. The lowest BCUT2D eigenvalue weighted by Crippen LogP contribution is -2.42. The predicted molar refractivity (Wildman–Crippen MR) is 90.2 cm³/mol. The molecule has 1 aliphatic rings. The first kappa shape index (κ1) is 16.8. The fourth-order valence-electron chi connectivity index (χ4n) is 2.94. The Hall–Kier alpha value is -1.52. The number of fused-ring (bicyclic) bond motifs is 1. The minimum absolute atomic E-state index is 0. The molecule has 0 bridgehead atoms. The number of piperidine rings is 1. The minimum atomic E-state index is -0.0492. The zero-order chi connectivity index (χ0) is 14.8. The van der Waals surface area contributed by atoms with Crippen molar-refractivity contribution in [2.45, 2.75) is 25.8 Å². The molecule has 1 aromatic carbocycles. The van der Waals surface area contributed by atoms with E-state index < -0.39 is 0 Å². The van der Waals surface area contributed by atoms with Gasteiger partial charge in [-0.1, -0.05) is 18.2 Å². The Bertz CT molecular complexity index is 601. The molecule has 120 valence electrons. The van der Waals surface area contributed by atoms with Crippen LogP contribution in [0, 0.1) is 5.92 Å². The maximum atomic E-state index is 12.6. The van der Waals surface area contributed by atoms with Gasteiger partial charge >= 0.3 is 0 Å². The maximum Gasteiger partial charge on any atom is 0.227 e. The minimum Gasteiger partial charge on any atom is -0.459 e. The molecule has 5 heteroatoms. The van der Waals surface area contributed by atoms with Gasteiger partial charge in [-0.05, 0) is 38.4 Å². The number of halogens is 1. The summed E-state index contributed by atoms with van der Waals surface area (Å²) in [4.78, 5) is 14.4. The fourth-order valence-corrected chi connectivity index (χ4v) is 2.94. The highest BCUT2D eigenvalue weighted by atomic mass is 35.5. The van der Waals surface area contributed by atoms with Crippen LogP contribution in [0.3, 0.4) is 0 Å². The molecule has 0 saturated carbocycles. The van der Waals surface area contributed by atoms with Gasteiger partial charge in [0.25, 0.3) is 0 Å². The molecule has 4 nitrogen and oxygen atoms in total. The zero-order valence-corrected chi connectivity index (χ0v) is 13.9. The Morgan fingerprint density at radius 1 is 1.41 bits per heavy atom. The van der Waals surface area contributed by atoms with Crippen LogP contribution in [-0.4, -0.2) is 30.9 Å². The van der Waals surface area contributed by atoms with Gasteiger partial charge in [-0.3, -0.25) is 4.79 Å². The van der Waals surface area contributed by atoms with Crippen LogP contribution in [0.5, 0.6) is 0 Å². The average molecular weight is 323 g/mol. The van der Waals surface area contributed by atoms with Crippen LogP contribution in [0.25, 0.3) is 11.0 Å². The molecular weight excluding hydrogens is 300 g/mol. The lowest BCUT2D eigenvalue weighted by Gasteiger charge is -2.30. The Kier molecular flexibility index (Phi) is 5.48. The number of para-hydroxylation sites is 1. The molecule has 1 N–H and O–H groups in total. The molecule has 1 amide bonds. The second-order valence-electron chi connectivity index (χ2n) is 5.85. The van der Waals surface area contributed by atoms with Gasteiger partial charge in [-0.2, -0.15) is 0 Å². The van der Waals surface area contributed by atoms with E-state index in [0.717, 1.165) is 42.7 Å². The summed E-state index contributed by atoms with van der Waals surface area (Å²) in [5.41, 5.74) is 0.875. The van der Waals surface area contributed by atoms with Crippen molar-refractivity contribution in [3.8, 4) is 0 Å². The molecule has 1 unspecified atom stereocenters. The fraction of sp³-hybridized carbons (Fsp3) is 0.471. The summed E-state index contributed by atoms with van der Waals surface area (Å²) in [6.07, 6.45) is 2.05. The van der Waals surface area contributed by atoms with Gasteiger partial charge in [-0.25, -0.2) is 0 Å². The Labute approximate surface area is 137 Å². The van der Waals surface area contributed by atoms with Crippen LogP contribution >= 0.6 is 12.4 Å². The Morgan fingerprint density at radius 3 is 2.86 bits per heavy atom. The van der Waals surface area contributed by atoms with Crippen LogP contribution in [-0.2, 0) is 4.79 Å². The lowest BCUT2D eigenvalue weighted by molar-refractivity contribution is -0.137. The van der Waals surface area contributed by atoms with Crippen LogP contribution < -0.4 is 5.32 Å². The second kappa shape index (κ2) is 7.16. The van der Waals surface area contributed by atoms with Crippen molar-refractivity contribution < 1.29 is 9.21 Å². The number of rotatable bonds is 3. The summed E-state index contributed by atoms with van der Waals surface area (Å²) in [5, 5.41) is 4.38. The number of carbonyl (C=O) groups excluding carboxylic acids is 1. The monoisotopic (exact) mass is 322 g/mol. The molecule has 1 saturated heterocycles. The van der Waals surface area contributed by atoms with Crippen LogP contribution in [0.4, 0.5) is 0 Å². The van der Waals surface area contributed by atoms with Gasteiger partial charge in [0.05, 0.1) is 12.0 Å². The number of nitrogens with zero attached hydrogens (tertiary/aromatic N) is 1. The van der Waals surface area contributed by atoms with Gasteiger partial charge in [-0.15, -0.1) is 12.4 Å². The summed E-state index contributed by atoms with van der Waals surface area (Å²) >= 11 is 0. The van der Waals surface area contributed by atoms with E-state index in [-0.39, 0.29) is 30.3 Å². The van der Waals surface area contributed by atoms with Crippen molar-refractivity contribution in [3.63, 3.8) is 0 Å². The number of carbonyl (C=O) groups is 1. The average Bonchev–Trinajstić information content (AvgIpc) is 2.97. The first-order valence-electron chi connectivity index (χ1n) is 7.62. The zero-order valence-electron chi connectivity index (χ0n) is 13.0. The van der Waals surface area contributed by atoms with Crippen molar-refractivity contribution in [3.05, 3.63) is 36.1 Å². The molecule has 1 aliphatic heterocycles. The predicted octanol–water partition coefficient (Wildman–Crippen LogP) is 3.37. The number of furan rings is 1. The number of hydrogen-bond donors (Lipinski definition) is 1. The molecule has 2 atom stereocenters. The van der Waals surface area contributed by atoms with E-state index in [1.165, 1.54) is 0 Å². The van der Waals surface area contributed by atoms with Gasteiger partial charge in [0.2, 0.25) is 5.91 Å². The highest BCUT2D eigenvalue weighted by Crippen LogP contribution is 2.28. The highest BCUT2D eigenvalue weighted by Gasteiger charge is 2.28. The molecule has 0 radical (unpaired) electrons. The molecule has 1 aromatic heterocycles. The molecule has 22 heavy (non-hydrogen) atoms. The Balaban J connectivity index is 0.00000176. The SMILES string of the molecule is CC(c1cc2ccccc2o1)N(C)C(=O)[C@@H]1CCCNC1.Cl. The molecule has 1 fully saturated rings. The van der Waals surface area contributed by atoms with Gasteiger partial charge < -0.3 is 14.6 Å². The van der Waals surface area contributed by atoms with E-state index in [2.05, 4.69) is 5.32 Å². The van der Waals surface area contributed by atoms with E-state index in [4.69, 9.17) is 4.42 Å². The van der Waals surface area contributed by atoms with E-state index in [1.807, 2.05) is 49.2 Å². The van der Waals surface area contributed by atoms with E-state index in [0.29, 0.717) is 0 Å². The van der Waals surface area contributed by atoms with E-state index >= 15 is 0 Å². The number of amides is 1. The summed E-state index contributed by atoms with van der Waals surface area (Å²) in [6, 6.07) is 9.92. The van der Waals surface area contributed by atoms with Crippen molar-refractivity contribution in [1.82, 2.24) is 10.2 Å². The molecule has 0 aliphatic carbocycles. The van der Waals surface area contributed by atoms with Crippen LogP contribution in [0.2, 0.25) is 0 Å². The summed E-state index contributed by atoms with van der Waals surface area (Å²) in [7, 11) is 1.87. The second-order valence-corrected chi connectivity index (χ2v) is 5.85. The third kappa shape index (κ3) is 3.28. The number of benzene rings is 1. The van der Waals surface area contributed by atoms with Crippen molar-refractivity contribution >= 4 is 29.3 Å². The quantitative estimate of drug-likeness (QED) is 0.942. The van der Waals surface area contributed by atoms with Crippen LogP contribution in [0.15, 0.2) is 34.7 Å². The van der Waals surface area contributed by atoms with Crippen molar-refractivity contribution in [2.24, 2.45) is 5.92 Å². The maximum absolute atomic E-state index is 12.6. The first-order valence-corrected chi connectivity index (χ1v) is 7.62. The molecule has 3 rings (SSSR count). The standard InChI is InChI=1S/C17H22N2O2.ClH/c1-12(16-10-13-6-3-4-8-15(13)21-16)19(2)17(20)14-7-5-9-18-11-14;/h3-4,6,8,10,12,14,18H,5,7,9,11H2,1-2H3;1H/t12?,14-;/m1./s1. The van der Waals surface area contributed by atoms with Crippen molar-refractivity contribution in [2.75, 3.05) is 20.1 Å². The van der Waals surface area contributed by atoms with Gasteiger partial charge in [0.1, 0.15) is 11.3 Å². The highest BCUT2D eigenvalue weighted by molar-refractivity contribution is 5.85. The number of nitrogens with one attached hydrogen (secondary N) is 1. The summed E-state index contributed by atoms with van der Waals surface area (Å²) < 4.78 is 5.88. The summed E-state index contributed by atoms with van der Waals surface area (Å²) in [6.45, 7) is 3.83. The largest absolute Gasteiger partial charge is 0.459 e. The normalized spacial score (nSPS) is 19.5. The molecule has 2 aromatic rings. The third-order valence-electron chi connectivity index (χ3n) is 4.43. The molecule has 2 heterocycles. The van der Waals surface area contributed by atoms with Gasteiger partial charge in [0.15, 0.2) is 0 Å². The van der Waals surface area contributed by atoms with Gasteiger partial charge in [0, 0.05) is 19.0 Å². The number of hydrogen-bond acceptors (Lipinski definition) is 3. The lowest BCUT2D eigenvalue weighted by atomic mass is 9.97.